The van der Waals surface area contributed by atoms with E-state index < -0.39 is 0 Å². The number of benzene rings is 16. The Hall–Kier alpha value is -12.9. The number of para-hydroxylation sites is 2. The molecule has 5 radical (unpaired) electrons. The molecule has 0 atom stereocenters. The average molecular weight is 2620 g/mol. The van der Waals surface area contributed by atoms with Gasteiger partial charge in [-0.15, -0.1) is 142 Å². The van der Waals surface area contributed by atoms with E-state index in [-0.39, 0.29) is 101 Å². The summed E-state index contributed by atoms with van der Waals surface area (Å²) < 4.78 is 11.2. The van der Waals surface area contributed by atoms with Crippen molar-refractivity contribution in [2.45, 2.75) is 69.2 Å². The molecule has 10 aromatic heterocycles. The molecule has 26 aromatic rings. The van der Waals surface area contributed by atoms with Crippen LogP contribution in [0.5, 0.6) is 0 Å². The number of nitrogens with zero attached hydrogens (tertiary/aromatic N) is 10. The fourth-order valence-electron chi connectivity index (χ4n) is 19.8. The number of aryl methyl sites for hydroxylation is 10. The van der Waals surface area contributed by atoms with Gasteiger partial charge in [0, 0.05) is 182 Å². The van der Waals surface area contributed by atoms with Crippen LogP contribution in [0.2, 0.25) is 0 Å². The second kappa shape index (κ2) is 38.6. The standard InChI is InChI=1S/C33H21N2.C25H21N2.C24H19N2.C21H15N2.C16H11N2.5Ir/c1-3-12-23(13-4-1)25-19-11-20-26(24-14-5-2-6-15-24)32(25)31-22-34-33-29-18-8-7-16-27(29)28-17-9-10-21-30(28)35(31)33;1-15-8-7-9-16(2)24(15)23-14-26-25-20-11-6-5-10-19(20)21-12-17(3)18(4)13-22(21)27(23)25;1-15-13-20-18-9-4-5-10-19(18)24-25-11-12-26(24)23(20)21(14-15)22-16(2)7-6-8-17(22)3;1-13-10-11-17-19(12-13)23-18-9-4-3-7-15(18)20-14(2)6-5-8-16(20)21(23)22-17;1-11-6-7-15-14(10-11)12-4-2-3-5-13(12)16-17-8-9-18(15)16;;;;;/h1-17,19-22H;5-10,12-14H,1-4H3;4-9,11-14H,1-3H3;3-7,9-12H,1-2H3;2-4,6-10H,1H3;;;;;/q5*-1;;;;;. The van der Waals surface area contributed by atoms with Gasteiger partial charge >= 0.3 is 0 Å². The number of imidazole rings is 5. The summed E-state index contributed by atoms with van der Waals surface area (Å²) in [6.45, 7) is 21.7. The van der Waals surface area contributed by atoms with E-state index in [4.69, 9.17) is 15.0 Å². The smallest absolute Gasteiger partial charge is 0.0774 e. The predicted molar refractivity (Wildman–Crippen MR) is 537 cm³/mol. The minimum Gasteiger partial charge on any atom is -0.340 e. The largest absolute Gasteiger partial charge is 0.340 e. The van der Waals surface area contributed by atoms with Crippen LogP contribution in [0.3, 0.4) is 0 Å². The van der Waals surface area contributed by atoms with Crippen LogP contribution in [-0.2, 0) is 101 Å². The molecule has 0 saturated heterocycles. The van der Waals surface area contributed by atoms with Gasteiger partial charge in [0.15, 0.2) is 0 Å². The summed E-state index contributed by atoms with van der Waals surface area (Å²) in [4.78, 5) is 23.8. The summed E-state index contributed by atoms with van der Waals surface area (Å²) in [7, 11) is 0. The van der Waals surface area contributed by atoms with Crippen molar-refractivity contribution >= 4 is 148 Å². The molecule has 0 unspecified atom stereocenters. The van der Waals surface area contributed by atoms with Gasteiger partial charge < -0.3 is 22.0 Å². The molecule has 15 heteroatoms. The van der Waals surface area contributed by atoms with Crippen molar-refractivity contribution in [2.75, 3.05) is 0 Å². The van der Waals surface area contributed by atoms with Crippen LogP contribution in [0.1, 0.15) is 55.6 Å². The monoisotopic (exact) mass is 2620 g/mol. The summed E-state index contributed by atoms with van der Waals surface area (Å²) in [5.74, 6) is 0. The van der Waals surface area contributed by atoms with Crippen molar-refractivity contribution in [2.24, 2.45) is 0 Å². The zero-order valence-corrected chi connectivity index (χ0v) is 87.0. The SMILES string of the molecule is Cc1cc(-c2c(C)cccc2C)c2c(c1)c1ccc[c-]c1c1nccn12.Cc1cc2c3ccc[c-]c3c3ncc(-c4c(C)cccc4C)n3c2cc1C.Cc1ccc2c(c1)c1ccc[c-]c1c1nccn21.Cc1ccc2nc3c4[c-]ccc(C)c4c4ccccc4n3c2c1.[Ir].[Ir].[Ir].[Ir].[Ir].[c-]1cccc2c1c1ncc(-c3c(-c4ccccc4)cccc3-c3ccccc3)n1c1ccccc21. The normalized spacial score (nSPS) is 11.2. The first-order valence-electron chi connectivity index (χ1n) is 43.9. The Morgan fingerprint density at radius 3 is 1.29 bits per heavy atom. The molecule has 10 heterocycles. The molecule has 0 N–H and O–H groups in total. The number of aromatic nitrogens is 10. The first kappa shape index (κ1) is 92.9. The molecule has 0 amide bonds. The minimum absolute atomic E-state index is 0. The van der Waals surface area contributed by atoms with Gasteiger partial charge in [-0.2, -0.15) is 0 Å². The first-order chi connectivity index (χ1) is 63.2. The van der Waals surface area contributed by atoms with E-state index in [2.05, 4.69) is 405 Å². The molecule has 0 saturated carbocycles. The van der Waals surface area contributed by atoms with E-state index >= 15 is 0 Å². The topological polar surface area (TPSA) is 86.5 Å². The van der Waals surface area contributed by atoms with Crippen LogP contribution in [0, 0.1) is 99.6 Å². The maximum atomic E-state index is 4.97. The van der Waals surface area contributed by atoms with Crippen LogP contribution < -0.4 is 0 Å². The number of rotatable bonds is 5. The quantitative estimate of drug-likeness (QED) is 0.127. The van der Waals surface area contributed by atoms with Crippen LogP contribution in [-0.4, -0.2) is 46.9 Å². The van der Waals surface area contributed by atoms with Crippen molar-refractivity contribution in [3.63, 3.8) is 0 Å². The Labute approximate surface area is 844 Å². The first-order valence-corrected chi connectivity index (χ1v) is 43.9. The molecule has 10 nitrogen and oxygen atoms in total. The van der Waals surface area contributed by atoms with Gasteiger partial charge in [0.05, 0.1) is 50.7 Å². The average Bonchev–Trinajstić information content (AvgIpc) is 1.51. The number of pyridine rings is 5. The molecule has 0 aliphatic carbocycles. The van der Waals surface area contributed by atoms with Crippen LogP contribution >= 0.6 is 0 Å². The Morgan fingerprint density at radius 2 is 0.694 bits per heavy atom. The molecule has 0 aliphatic rings. The zero-order valence-electron chi connectivity index (χ0n) is 75.0. The maximum Gasteiger partial charge on any atom is 0.0774 e. The Morgan fingerprint density at radius 1 is 0.246 bits per heavy atom. The summed E-state index contributed by atoms with van der Waals surface area (Å²) in [5, 5.41) is 17.6. The molecular weight excluding hydrogens is 2530 g/mol. The Balaban J connectivity index is 0.000000117. The van der Waals surface area contributed by atoms with Crippen molar-refractivity contribution in [3.8, 4) is 55.9 Å². The van der Waals surface area contributed by atoms with E-state index in [9.17, 15) is 0 Å². The molecule has 0 spiro atoms. The molecule has 663 valence electrons. The molecule has 0 fully saturated rings. The summed E-state index contributed by atoms with van der Waals surface area (Å²) in [6.07, 6.45) is 11.8. The molecular formula is C119H87Ir5N10-5. The van der Waals surface area contributed by atoms with Gasteiger partial charge in [0.25, 0.3) is 0 Å². The second-order valence-electron chi connectivity index (χ2n) is 34.1. The van der Waals surface area contributed by atoms with Crippen molar-refractivity contribution < 1.29 is 101 Å². The van der Waals surface area contributed by atoms with Gasteiger partial charge in [0.2, 0.25) is 0 Å². The van der Waals surface area contributed by atoms with E-state index in [0.717, 1.165) is 83.1 Å². The van der Waals surface area contributed by atoms with Gasteiger partial charge in [-0.1, -0.05) is 232 Å². The molecule has 16 aromatic carbocycles. The summed E-state index contributed by atoms with van der Waals surface area (Å²) >= 11 is 0. The fraction of sp³-hybridized carbons (Fsp3) is 0.0840. The van der Waals surface area contributed by atoms with Crippen molar-refractivity contribution in [3.05, 3.63) is 433 Å². The zero-order chi connectivity index (χ0) is 87.4. The Kier molecular flexibility index (Phi) is 26.7. The van der Waals surface area contributed by atoms with E-state index in [1.807, 2.05) is 73.4 Å². The number of hydrogen-bond donors (Lipinski definition) is 0. The molecule has 26 rings (SSSR count). The van der Waals surface area contributed by atoms with Crippen LogP contribution in [0.4, 0.5) is 0 Å². The number of hydrogen-bond acceptors (Lipinski definition) is 5. The third kappa shape index (κ3) is 16.1. The van der Waals surface area contributed by atoms with E-state index in [1.165, 1.54) is 176 Å². The predicted octanol–water partition coefficient (Wildman–Crippen LogP) is 29.8. The minimum atomic E-state index is 0. The molecule has 134 heavy (non-hydrogen) atoms. The van der Waals surface area contributed by atoms with Gasteiger partial charge in [-0.3, -0.25) is 24.9 Å². The Bertz CT molecular complexity index is 8940. The maximum absolute atomic E-state index is 4.97. The van der Waals surface area contributed by atoms with Crippen molar-refractivity contribution in [1.82, 2.24) is 46.9 Å². The van der Waals surface area contributed by atoms with Gasteiger partial charge in [0.1, 0.15) is 0 Å². The van der Waals surface area contributed by atoms with E-state index in [1.54, 1.807) is 0 Å². The molecule has 0 bridgehead atoms. The fourth-order valence-corrected chi connectivity index (χ4v) is 19.8. The van der Waals surface area contributed by atoms with Crippen molar-refractivity contribution in [1.29, 1.82) is 0 Å². The third-order valence-corrected chi connectivity index (χ3v) is 25.8. The molecule has 0 aliphatic heterocycles. The summed E-state index contributed by atoms with van der Waals surface area (Å²) in [5.41, 5.74) is 37.8. The second-order valence-corrected chi connectivity index (χ2v) is 34.1. The number of fused-ring (bicyclic) bond motifs is 32. The van der Waals surface area contributed by atoms with Gasteiger partial charge in [-0.05, 0) is 198 Å². The third-order valence-electron chi connectivity index (χ3n) is 25.8. The van der Waals surface area contributed by atoms with E-state index in [0.29, 0.717) is 0 Å². The van der Waals surface area contributed by atoms with Crippen LogP contribution in [0.25, 0.3) is 204 Å². The summed E-state index contributed by atoms with van der Waals surface area (Å²) in [6, 6.07) is 126. The van der Waals surface area contributed by atoms with Gasteiger partial charge in [-0.25, -0.2) is 0 Å². The van der Waals surface area contributed by atoms with Crippen LogP contribution in [0.15, 0.2) is 347 Å².